The van der Waals surface area contributed by atoms with Gasteiger partial charge in [-0.25, -0.2) is 4.79 Å². The van der Waals surface area contributed by atoms with E-state index in [-0.39, 0.29) is 41.7 Å². The second kappa shape index (κ2) is 16.6. The minimum Gasteiger partial charge on any atom is -0.506 e. The van der Waals surface area contributed by atoms with E-state index in [1.54, 1.807) is 24.3 Å². The zero-order chi connectivity index (χ0) is 36.8. The number of rotatable bonds is 13. The minimum absolute atomic E-state index is 0.0831. The molecule has 1 fully saturated rings. The summed E-state index contributed by atoms with van der Waals surface area (Å²) in [5, 5.41) is 40.1. The van der Waals surface area contributed by atoms with E-state index in [1.165, 1.54) is 35.5 Å². The van der Waals surface area contributed by atoms with Crippen molar-refractivity contribution in [1.29, 1.82) is 0 Å². The van der Waals surface area contributed by atoms with E-state index >= 15 is 0 Å². The van der Waals surface area contributed by atoms with Crippen molar-refractivity contribution in [3.63, 3.8) is 0 Å². The topological polar surface area (TPSA) is 167 Å². The number of aliphatic hydroxyl groups excluding tert-OH is 1. The van der Waals surface area contributed by atoms with Crippen molar-refractivity contribution in [3.05, 3.63) is 105 Å². The molecule has 0 spiro atoms. The van der Waals surface area contributed by atoms with Crippen LogP contribution in [0.2, 0.25) is 5.02 Å². The number of piperidine rings is 1. The van der Waals surface area contributed by atoms with E-state index in [0.717, 1.165) is 10.4 Å². The maximum atomic E-state index is 13.0. The normalized spacial score (nSPS) is 14.3. The highest BCUT2D eigenvalue weighted by Crippen LogP contribution is 2.38. The Bertz CT molecular complexity index is 2100. The summed E-state index contributed by atoms with van der Waals surface area (Å²) in [7, 11) is 1.52. The van der Waals surface area contributed by atoms with Crippen molar-refractivity contribution >= 4 is 57.2 Å². The number of H-pyrrole nitrogens is 1. The summed E-state index contributed by atoms with van der Waals surface area (Å²) in [5.74, 6) is 0.209. The Hall–Kier alpha value is -4.92. The lowest BCUT2D eigenvalue weighted by molar-refractivity contribution is -0.116. The standard InChI is InChI=1S/C38H40ClN5O7S/c1-51-33-20-29(28(39)19-24(33)21-40-22-32(46)26-7-9-31(45)36-27(26)8-10-34(47)42-36)41-35(48)13-17-43-15-11-25(12-16-43)44(38(49)50)30-14-18-52-37(30)23-5-3-2-4-6-23/h2-10,14,18-20,25,32,40,45-46H,11-13,15-17,21-22H2,1H3,(H,41,48)(H,42,47)(H,49,50)/t32-/m0/s1. The van der Waals surface area contributed by atoms with Crippen molar-refractivity contribution in [1.82, 2.24) is 15.2 Å². The third kappa shape index (κ3) is 8.41. The Labute approximate surface area is 309 Å². The predicted octanol–water partition coefficient (Wildman–Crippen LogP) is 6.43. The molecule has 3 heterocycles. The average Bonchev–Trinajstić information content (AvgIpc) is 3.62. The first-order valence-electron chi connectivity index (χ1n) is 16.9. The van der Waals surface area contributed by atoms with Gasteiger partial charge >= 0.3 is 6.09 Å². The smallest absolute Gasteiger partial charge is 0.412 e. The summed E-state index contributed by atoms with van der Waals surface area (Å²) in [6.07, 6.45) is -0.373. The fraction of sp³-hybridized carbons (Fsp3) is 0.289. The molecule has 1 aliphatic rings. The fourth-order valence-corrected chi connectivity index (χ4v) is 7.77. The Morgan fingerprint density at radius 2 is 1.87 bits per heavy atom. The number of nitrogens with zero attached hydrogens (tertiary/aromatic N) is 2. The molecule has 0 radical (unpaired) electrons. The summed E-state index contributed by atoms with van der Waals surface area (Å²) < 4.78 is 5.58. The van der Waals surface area contributed by atoms with Crippen LogP contribution in [0.1, 0.15) is 36.5 Å². The van der Waals surface area contributed by atoms with E-state index < -0.39 is 12.2 Å². The number of amides is 2. The Balaban J connectivity index is 0.999. The lowest BCUT2D eigenvalue weighted by Crippen LogP contribution is -2.47. The second-order valence-corrected chi connectivity index (χ2v) is 13.9. The number of hydrogen-bond donors (Lipinski definition) is 6. The van der Waals surface area contributed by atoms with Gasteiger partial charge in [0.05, 0.1) is 40.0 Å². The lowest BCUT2D eigenvalue weighted by atomic mass is 10.0. The number of anilines is 2. The molecule has 1 atom stereocenters. The number of thiophene rings is 1. The average molecular weight is 746 g/mol. The molecule has 0 bridgehead atoms. The van der Waals surface area contributed by atoms with Gasteiger partial charge < -0.3 is 40.6 Å². The van der Waals surface area contributed by atoms with Crippen LogP contribution in [0.4, 0.5) is 16.2 Å². The molecular weight excluding hydrogens is 706 g/mol. The molecule has 2 amide bonds. The number of ether oxygens (including phenoxy) is 1. The zero-order valence-corrected chi connectivity index (χ0v) is 30.0. The zero-order valence-electron chi connectivity index (χ0n) is 28.5. The highest BCUT2D eigenvalue weighted by molar-refractivity contribution is 7.14. The van der Waals surface area contributed by atoms with Crippen LogP contribution >= 0.6 is 22.9 Å². The number of pyridine rings is 1. The molecule has 12 nitrogen and oxygen atoms in total. The van der Waals surface area contributed by atoms with Crippen LogP contribution in [0.5, 0.6) is 11.5 Å². The number of hydrogen-bond acceptors (Lipinski definition) is 9. The number of aliphatic hydroxyl groups is 1. The largest absolute Gasteiger partial charge is 0.506 e. The van der Waals surface area contributed by atoms with Crippen LogP contribution in [-0.4, -0.2) is 76.5 Å². The maximum Gasteiger partial charge on any atom is 0.412 e. The molecule has 1 saturated heterocycles. The Morgan fingerprint density at radius 1 is 1.10 bits per heavy atom. The van der Waals surface area contributed by atoms with Gasteiger partial charge in [-0.2, -0.15) is 0 Å². The number of methoxy groups -OCH3 is 1. The molecule has 14 heteroatoms. The molecule has 6 N–H and O–H groups in total. The Morgan fingerprint density at radius 3 is 2.60 bits per heavy atom. The van der Waals surface area contributed by atoms with Crippen LogP contribution in [0.25, 0.3) is 21.3 Å². The fourth-order valence-electron chi connectivity index (χ4n) is 6.65. The van der Waals surface area contributed by atoms with Gasteiger partial charge in [0, 0.05) is 68.3 Å². The molecule has 6 rings (SSSR count). The Kier molecular flexibility index (Phi) is 11.8. The van der Waals surface area contributed by atoms with E-state index in [0.29, 0.717) is 77.7 Å². The number of carbonyl (C=O) groups excluding carboxylic acids is 1. The van der Waals surface area contributed by atoms with Gasteiger partial charge in [0.2, 0.25) is 11.5 Å². The van der Waals surface area contributed by atoms with Crippen molar-refractivity contribution < 1.29 is 29.6 Å². The number of halogens is 1. The number of carboxylic acid groups (broad SMARTS) is 1. The van der Waals surface area contributed by atoms with Crippen molar-refractivity contribution in [2.75, 3.05) is 43.5 Å². The maximum absolute atomic E-state index is 13.0. The van der Waals surface area contributed by atoms with Crippen LogP contribution in [0.3, 0.4) is 0 Å². The molecule has 3 aromatic carbocycles. The van der Waals surface area contributed by atoms with Crippen LogP contribution in [0.15, 0.2) is 83.0 Å². The number of benzene rings is 3. The molecule has 52 heavy (non-hydrogen) atoms. The summed E-state index contributed by atoms with van der Waals surface area (Å²) in [6, 6.07) is 20.8. The van der Waals surface area contributed by atoms with E-state index in [1.807, 2.05) is 41.8 Å². The highest BCUT2D eigenvalue weighted by Gasteiger charge is 2.31. The highest BCUT2D eigenvalue weighted by atomic mass is 35.5. The number of aromatic amines is 1. The van der Waals surface area contributed by atoms with E-state index in [9.17, 15) is 29.7 Å². The molecular formula is C38H40ClN5O7S. The van der Waals surface area contributed by atoms with Gasteiger partial charge in [-0.3, -0.25) is 14.5 Å². The van der Waals surface area contributed by atoms with Gasteiger partial charge in [0.25, 0.3) is 0 Å². The number of phenolic OH excluding ortho intramolecular Hbond substituents is 1. The van der Waals surface area contributed by atoms with E-state index in [4.69, 9.17) is 16.3 Å². The van der Waals surface area contributed by atoms with Crippen LogP contribution < -0.4 is 25.8 Å². The molecule has 0 unspecified atom stereocenters. The van der Waals surface area contributed by atoms with Gasteiger partial charge in [-0.15, -0.1) is 11.3 Å². The van der Waals surface area contributed by atoms with Gasteiger partial charge in [0.15, 0.2) is 0 Å². The molecule has 0 saturated carbocycles. The molecule has 2 aromatic heterocycles. The second-order valence-electron chi connectivity index (χ2n) is 12.6. The predicted molar refractivity (Wildman–Crippen MR) is 204 cm³/mol. The van der Waals surface area contributed by atoms with Crippen LogP contribution in [0, 0.1) is 0 Å². The van der Waals surface area contributed by atoms with E-state index in [2.05, 4.69) is 20.5 Å². The molecule has 272 valence electrons. The summed E-state index contributed by atoms with van der Waals surface area (Å²) in [5.41, 5.74) is 3.27. The lowest BCUT2D eigenvalue weighted by Gasteiger charge is -2.37. The van der Waals surface area contributed by atoms with Crippen molar-refractivity contribution in [2.45, 2.75) is 38.0 Å². The van der Waals surface area contributed by atoms with Gasteiger partial charge in [-0.1, -0.05) is 48.0 Å². The van der Waals surface area contributed by atoms with Crippen LogP contribution in [-0.2, 0) is 11.3 Å². The number of aromatic nitrogens is 1. The monoisotopic (exact) mass is 745 g/mol. The number of nitrogens with one attached hydrogen (secondary N) is 3. The molecule has 1 aliphatic heterocycles. The third-order valence-corrected chi connectivity index (χ3v) is 10.6. The number of aromatic hydroxyl groups is 1. The first-order valence-corrected chi connectivity index (χ1v) is 18.2. The number of carbonyl (C=O) groups is 2. The SMILES string of the molecule is COc1cc(NC(=O)CCN2CCC(N(C(=O)O)c3ccsc3-c3ccccc3)CC2)c(Cl)cc1CNC[C@H](O)c1ccc(O)c2[nH]c(=O)ccc12. The van der Waals surface area contributed by atoms with Crippen molar-refractivity contribution in [2.24, 2.45) is 0 Å². The molecule has 0 aliphatic carbocycles. The third-order valence-electron chi connectivity index (χ3n) is 9.29. The number of fused-ring (bicyclic) bond motifs is 1. The first-order chi connectivity index (χ1) is 25.1. The summed E-state index contributed by atoms with van der Waals surface area (Å²) in [6.45, 7) is 2.31. The quantitative estimate of drug-likeness (QED) is 0.0797. The molecule has 5 aromatic rings. The minimum atomic E-state index is -0.970. The van der Waals surface area contributed by atoms with Gasteiger partial charge in [0.1, 0.15) is 11.5 Å². The summed E-state index contributed by atoms with van der Waals surface area (Å²) >= 11 is 8.11. The van der Waals surface area contributed by atoms with Gasteiger partial charge in [-0.05, 0) is 53.6 Å². The number of likely N-dealkylation sites (tertiary alicyclic amines) is 1. The number of phenols is 1. The first kappa shape index (κ1) is 36.9. The summed E-state index contributed by atoms with van der Waals surface area (Å²) in [4.78, 5) is 44.4. The van der Waals surface area contributed by atoms with Crippen molar-refractivity contribution in [3.8, 4) is 21.9 Å².